The molecule has 0 unspecified atom stereocenters. The number of aromatic nitrogens is 3. The summed E-state index contributed by atoms with van der Waals surface area (Å²) >= 11 is 5.48. The zero-order valence-corrected chi connectivity index (χ0v) is 26.6. The molecule has 0 aliphatic rings. The van der Waals surface area contributed by atoms with E-state index in [1.54, 1.807) is 11.3 Å². The van der Waals surface area contributed by atoms with E-state index in [0.717, 1.165) is 27.0 Å². The predicted molar refractivity (Wildman–Crippen MR) is 200 cm³/mol. The molecular weight excluding hydrogens is 619 g/mol. The Kier molecular flexibility index (Phi) is 5.02. The molecule has 46 heavy (non-hydrogen) atoms. The third-order valence-electron chi connectivity index (χ3n) is 9.23. The van der Waals surface area contributed by atoms with Crippen LogP contribution in [0.25, 0.3) is 99.7 Å². The Morgan fingerprint density at radius 3 is 1.93 bits per heavy atom. The number of nitrogens with zero attached hydrogens (tertiary/aromatic N) is 3. The van der Waals surface area contributed by atoms with Gasteiger partial charge in [0.15, 0.2) is 0 Å². The van der Waals surface area contributed by atoms with Crippen molar-refractivity contribution in [2.75, 3.05) is 0 Å². The van der Waals surface area contributed by atoms with Crippen LogP contribution in [0.5, 0.6) is 0 Å². The molecule has 0 bridgehead atoms. The van der Waals surface area contributed by atoms with E-state index in [-0.39, 0.29) is 0 Å². The summed E-state index contributed by atoms with van der Waals surface area (Å²) in [6.45, 7) is 0. The molecule has 214 valence electrons. The maximum Gasteiger partial charge on any atom is 0.235 e. The van der Waals surface area contributed by atoms with Crippen molar-refractivity contribution in [3.8, 4) is 17.2 Å². The minimum Gasteiger partial charge on any atom is -0.277 e. The van der Waals surface area contributed by atoms with Crippen LogP contribution in [-0.4, -0.2) is 14.5 Å². The van der Waals surface area contributed by atoms with Gasteiger partial charge in [-0.3, -0.25) is 4.57 Å². The summed E-state index contributed by atoms with van der Waals surface area (Å²) in [7, 11) is 0. The summed E-state index contributed by atoms with van der Waals surface area (Å²) in [5.41, 5.74) is 5.38. The summed E-state index contributed by atoms with van der Waals surface area (Å²) in [6, 6.07) is 46.1. The number of benzene rings is 6. The first-order valence-corrected chi connectivity index (χ1v) is 17.7. The van der Waals surface area contributed by atoms with Crippen molar-refractivity contribution in [3.63, 3.8) is 0 Å². The van der Waals surface area contributed by atoms with Crippen LogP contribution in [0.1, 0.15) is 0 Å². The number of hydrogen-bond acceptors (Lipinski definition) is 5. The van der Waals surface area contributed by atoms with Gasteiger partial charge >= 0.3 is 0 Å². The average Bonchev–Trinajstić information content (AvgIpc) is 3.86. The summed E-state index contributed by atoms with van der Waals surface area (Å²) in [4.78, 5) is 11.0. The molecule has 0 amide bonds. The summed E-state index contributed by atoms with van der Waals surface area (Å²) in [5.74, 6) is 0.704. The van der Waals surface area contributed by atoms with Crippen LogP contribution in [0.3, 0.4) is 0 Å². The van der Waals surface area contributed by atoms with Gasteiger partial charge in [-0.1, -0.05) is 84.9 Å². The van der Waals surface area contributed by atoms with Gasteiger partial charge in [-0.25, -0.2) is 9.97 Å². The first kappa shape index (κ1) is 25.1. The lowest BCUT2D eigenvalue weighted by molar-refractivity contribution is 1.02. The number of para-hydroxylation sites is 1. The number of thiophene rings is 3. The fourth-order valence-electron chi connectivity index (χ4n) is 7.22. The Morgan fingerprint density at radius 1 is 0.457 bits per heavy atom. The van der Waals surface area contributed by atoms with Crippen LogP contribution in [0.2, 0.25) is 0 Å². The number of fused-ring (bicyclic) bond motifs is 13. The van der Waals surface area contributed by atoms with Crippen molar-refractivity contribution < 1.29 is 0 Å². The van der Waals surface area contributed by atoms with Crippen LogP contribution in [-0.2, 0) is 0 Å². The molecule has 0 fully saturated rings. The molecule has 0 aliphatic carbocycles. The topological polar surface area (TPSA) is 30.7 Å². The molecular formula is C40H21N3S3. The molecule has 11 aromatic rings. The maximum absolute atomic E-state index is 5.52. The van der Waals surface area contributed by atoms with Crippen LogP contribution in [0.15, 0.2) is 127 Å². The minimum atomic E-state index is 0.704. The van der Waals surface area contributed by atoms with Gasteiger partial charge in [0, 0.05) is 66.8 Å². The number of rotatable bonds is 2. The van der Waals surface area contributed by atoms with Crippen molar-refractivity contribution in [3.05, 3.63) is 127 Å². The lowest BCUT2D eigenvalue weighted by atomic mass is 10.1. The molecule has 0 aliphatic heterocycles. The molecule has 6 aromatic carbocycles. The van der Waals surface area contributed by atoms with Gasteiger partial charge in [-0.05, 0) is 42.5 Å². The average molecular weight is 640 g/mol. The second-order valence-corrected chi connectivity index (χ2v) is 15.0. The van der Waals surface area contributed by atoms with Crippen molar-refractivity contribution in [2.24, 2.45) is 0 Å². The summed E-state index contributed by atoms with van der Waals surface area (Å²) < 4.78 is 9.83. The van der Waals surface area contributed by atoms with Crippen LogP contribution < -0.4 is 0 Å². The molecule has 0 spiro atoms. The Bertz CT molecular complexity index is 3050. The van der Waals surface area contributed by atoms with Crippen molar-refractivity contribution in [2.45, 2.75) is 0 Å². The van der Waals surface area contributed by atoms with Crippen molar-refractivity contribution in [1.29, 1.82) is 0 Å². The normalized spacial score (nSPS) is 12.3. The van der Waals surface area contributed by atoms with Crippen LogP contribution in [0, 0.1) is 0 Å². The van der Waals surface area contributed by atoms with E-state index in [1.807, 2.05) is 22.7 Å². The zero-order chi connectivity index (χ0) is 29.9. The Morgan fingerprint density at radius 2 is 1.09 bits per heavy atom. The van der Waals surface area contributed by atoms with Gasteiger partial charge in [0.05, 0.1) is 26.9 Å². The second kappa shape index (κ2) is 9.21. The van der Waals surface area contributed by atoms with E-state index in [0.29, 0.717) is 5.95 Å². The lowest BCUT2D eigenvalue weighted by Gasteiger charge is -2.11. The Hall–Kier alpha value is -5.14. The predicted octanol–water partition coefficient (Wildman–Crippen LogP) is 12.3. The molecule has 0 saturated carbocycles. The van der Waals surface area contributed by atoms with Crippen molar-refractivity contribution in [1.82, 2.24) is 14.5 Å². The quantitative estimate of drug-likeness (QED) is 0.188. The highest BCUT2D eigenvalue weighted by atomic mass is 32.1. The van der Waals surface area contributed by atoms with Gasteiger partial charge in [0.2, 0.25) is 5.95 Å². The molecule has 0 atom stereocenters. The van der Waals surface area contributed by atoms with Gasteiger partial charge in [0.25, 0.3) is 0 Å². The van der Waals surface area contributed by atoms with Gasteiger partial charge in [0.1, 0.15) is 0 Å². The van der Waals surface area contributed by atoms with Crippen molar-refractivity contribution >= 4 is 116 Å². The molecule has 6 heteroatoms. The van der Waals surface area contributed by atoms with E-state index in [9.17, 15) is 0 Å². The molecule has 5 aromatic heterocycles. The fraction of sp³-hybridized carbons (Fsp3) is 0. The summed E-state index contributed by atoms with van der Waals surface area (Å²) in [6.07, 6.45) is 0. The van der Waals surface area contributed by atoms with Gasteiger partial charge < -0.3 is 0 Å². The number of hydrogen-bond donors (Lipinski definition) is 0. The minimum absolute atomic E-state index is 0.704. The Balaban J connectivity index is 1.31. The fourth-order valence-corrected chi connectivity index (χ4v) is 10.6. The lowest BCUT2D eigenvalue weighted by Crippen LogP contribution is -2.03. The molecule has 11 rings (SSSR count). The first-order chi connectivity index (χ1) is 22.8. The zero-order valence-electron chi connectivity index (χ0n) is 24.2. The molecule has 0 radical (unpaired) electrons. The van der Waals surface area contributed by atoms with Crippen LogP contribution in [0.4, 0.5) is 0 Å². The highest BCUT2D eigenvalue weighted by Gasteiger charge is 2.22. The van der Waals surface area contributed by atoms with E-state index < -0.39 is 0 Å². The maximum atomic E-state index is 5.52. The third-order valence-corrected chi connectivity index (χ3v) is 12.7. The van der Waals surface area contributed by atoms with E-state index in [2.05, 4.69) is 132 Å². The standard InChI is InChI=1S/C40H21N3S3/c1-5-13-29-23(9-1)25-18-20-34-35(26-11-3-7-15-31(26)45-34)38(25)43(29)40-41-36(39-37(42-40)27-12-4-8-16-32(27)46-39)22-17-19-33-28(21-22)24-10-2-6-14-30(24)44-33/h1-21H. The highest BCUT2D eigenvalue weighted by molar-refractivity contribution is 7.27. The molecule has 0 N–H and O–H groups in total. The first-order valence-electron chi connectivity index (χ1n) is 15.2. The molecule has 0 saturated heterocycles. The monoisotopic (exact) mass is 639 g/mol. The van der Waals surface area contributed by atoms with E-state index in [1.165, 1.54) is 66.7 Å². The van der Waals surface area contributed by atoms with Gasteiger partial charge in [-0.2, -0.15) is 0 Å². The van der Waals surface area contributed by atoms with Crippen LogP contribution >= 0.6 is 34.0 Å². The molecule has 3 nitrogen and oxygen atoms in total. The Labute approximate surface area is 274 Å². The van der Waals surface area contributed by atoms with Gasteiger partial charge in [-0.15, -0.1) is 34.0 Å². The van der Waals surface area contributed by atoms with E-state index in [4.69, 9.17) is 9.97 Å². The molecule has 5 heterocycles. The largest absolute Gasteiger partial charge is 0.277 e. The SMILES string of the molecule is c1ccc2c(c1)sc1ccc(-c3nc(-n4c5ccccc5c5ccc6sc7ccccc7c6c54)nc4c3sc3ccccc34)cc12. The smallest absolute Gasteiger partial charge is 0.235 e. The third kappa shape index (κ3) is 3.35. The highest BCUT2D eigenvalue weighted by Crippen LogP contribution is 2.45. The second-order valence-electron chi connectivity index (χ2n) is 11.7. The summed E-state index contributed by atoms with van der Waals surface area (Å²) in [5, 5.41) is 8.70. The van der Waals surface area contributed by atoms with E-state index >= 15 is 0 Å².